The lowest BCUT2D eigenvalue weighted by molar-refractivity contribution is -0.384. The molecule has 1 aliphatic carbocycles. The van der Waals surface area contributed by atoms with Gasteiger partial charge < -0.3 is 14.8 Å². The van der Waals surface area contributed by atoms with Crippen LogP contribution in [0.25, 0.3) is 0 Å². The predicted molar refractivity (Wildman–Crippen MR) is 116 cm³/mol. The van der Waals surface area contributed by atoms with Crippen LogP contribution in [0.15, 0.2) is 40.9 Å². The summed E-state index contributed by atoms with van der Waals surface area (Å²) in [5, 5.41) is 14.4. The van der Waals surface area contributed by atoms with Crippen molar-refractivity contribution in [2.24, 2.45) is 0 Å². The van der Waals surface area contributed by atoms with Crippen LogP contribution < -0.4 is 14.8 Å². The van der Waals surface area contributed by atoms with Gasteiger partial charge in [-0.3, -0.25) is 10.1 Å². The van der Waals surface area contributed by atoms with Crippen LogP contribution in [0.5, 0.6) is 11.5 Å². The molecular weight excluding hydrogens is 436 g/mol. The van der Waals surface area contributed by atoms with Crippen molar-refractivity contribution in [2.45, 2.75) is 58.2 Å². The number of hydrogen-bond acceptors (Lipinski definition) is 5. The number of nitro benzene ring substituents is 1. The van der Waals surface area contributed by atoms with Crippen LogP contribution in [0.4, 0.5) is 5.69 Å². The van der Waals surface area contributed by atoms with Crippen molar-refractivity contribution in [3.63, 3.8) is 0 Å². The fourth-order valence-corrected chi connectivity index (χ4v) is 3.99. The van der Waals surface area contributed by atoms with E-state index < -0.39 is 4.92 Å². The van der Waals surface area contributed by atoms with Gasteiger partial charge in [0.2, 0.25) is 0 Å². The minimum absolute atomic E-state index is 0.0707. The van der Waals surface area contributed by atoms with Gasteiger partial charge in [0, 0.05) is 29.2 Å². The molecule has 0 heterocycles. The summed E-state index contributed by atoms with van der Waals surface area (Å²) in [6.07, 6.45) is 6.44. The maximum Gasteiger partial charge on any atom is 0.269 e. The summed E-state index contributed by atoms with van der Waals surface area (Å²) >= 11 is 3.66. The molecule has 2 aromatic rings. The first-order valence-corrected chi connectivity index (χ1v) is 10.9. The van der Waals surface area contributed by atoms with Gasteiger partial charge in [-0.05, 0) is 55.2 Å². The second-order valence-corrected chi connectivity index (χ2v) is 8.11. The summed E-state index contributed by atoms with van der Waals surface area (Å²) < 4.78 is 12.7. The summed E-state index contributed by atoms with van der Waals surface area (Å²) in [7, 11) is 0. The molecule has 0 unspecified atom stereocenters. The van der Waals surface area contributed by atoms with E-state index in [4.69, 9.17) is 9.47 Å². The zero-order valence-corrected chi connectivity index (χ0v) is 18.2. The summed E-state index contributed by atoms with van der Waals surface area (Å²) in [5.41, 5.74) is 2.07. The van der Waals surface area contributed by atoms with E-state index in [-0.39, 0.29) is 5.69 Å². The normalized spacial score (nSPS) is 14.6. The highest BCUT2D eigenvalue weighted by Crippen LogP contribution is 2.35. The maximum absolute atomic E-state index is 10.8. The van der Waals surface area contributed by atoms with E-state index in [9.17, 15) is 10.1 Å². The molecule has 6 nitrogen and oxygen atoms in total. The summed E-state index contributed by atoms with van der Waals surface area (Å²) in [4.78, 5) is 10.4. The smallest absolute Gasteiger partial charge is 0.269 e. The van der Waals surface area contributed by atoms with E-state index in [0.717, 1.165) is 22.1 Å². The van der Waals surface area contributed by atoms with Gasteiger partial charge in [0.05, 0.1) is 11.5 Å². The van der Waals surface area contributed by atoms with Crippen LogP contribution >= 0.6 is 15.9 Å². The van der Waals surface area contributed by atoms with E-state index in [1.165, 1.54) is 44.2 Å². The van der Waals surface area contributed by atoms with Crippen LogP contribution in [0.3, 0.4) is 0 Å². The van der Waals surface area contributed by atoms with Gasteiger partial charge >= 0.3 is 0 Å². The molecule has 0 spiro atoms. The molecule has 0 aliphatic heterocycles. The molecule has 7 heteroatoms. The summed E-state index contributed by atoms with van der Waals surface area (Å²) in [5.74, 6) is 1.36. The Kier molecular flexibility index (Phi) is 7.89. The first-order valence-electron chi connectivity index (χ1n) is 10.1. The Morgan fingerprint density at radius 1 is 1.10 bits per heavy atom. The standard InChI is InChI=1S/C22H27BrN2O4/c1-2-28-21-12-17(14-24-18-6-4-3-5-7-18)20(23)13-22(21)29-15-16-8-10-19(11-9-16)25(26)27/h8-13,18,24H,2-7,14-15H2,1H3. The van der Waals surface area contributed by atoms with Crippen molar-refractivity contribution in [3.05, 3.63) is 62.1 Å². The van der Waals surface area contributed by atoms with Gasteiger partial charge in [0.15, 0.2) is 11.5 Å². The first kappa shape index (κ1) is 21.6. The Labute approximate surface area is 179 Å². The lowest BCUT2D eigenvalue weighted by Gasteiger charge is -2.23. The molecule has 0 atom stereocenters. The molecule has 1 saturated carbocycles. The molecule has 2 aromatic carbocycles. The van der Waals surface area contributed by atoms with Crippen LogP contribution in [0.1, 0.15) is 50.2 Å². The minimum Gasteiger partial charge on any atom is -0.490 e. The minimum atomic E-state index is -0.408. The molecule has 0 amide bonds. The molecule has 156 valence electrons. The van der Waals surface area contributed by atoms with Crippen molar-refractivity contribution < 1.29 is 14.4 Å². The number of non-ortho nitro benzene ring substituents is 1. The van der Waals surface area contributed by atoms with E-state index >= 15 is 0 Å². The average molecular weight is 463 g/mol. The van der Waals surface area contributed by atoms with E-state index in [1.54, 1.807) is 12.1 Å². The number of benzene rings is 2. The van der Waals surface area contributed by atoms with Crippen LogP contribution in [-0.2, 0) is 13.2 Å². The molecule has 1 aliphatic rings. The fourth-order valence-electron chi connectivity index (χ4n) is 3.53. The molecule has 0 radical (unpaired) electrons. The van der Waals surface area contributed by atoms with Gasteiger partial charge in [0.25, 0.3) is 5.69 Å². The predicted octanol–water partition coefficient (Wildman–Crippen LogP) is 5.76. The fraction of sp³-hybridized carbons (Fsp3) is 0.455. The number of rotatable bonds is 9. The highest BCUT2D eigenvalue weighted by atomic mass is 79.9. The lowest BCUT2D eigenvalue weighted by Crippen LogP contribution is -2.30. The van der Waals surface area contributed by atoms with Crippen LogP contribution in [0.2, 0.25) is 0 Å². The highest BCUT2D eigenvalue weighted by Gasteiger charge is 2.15. The van der Waals surface area contributed by atoms with Crippen molar-refractivity contribution in [2.75, 3.05) is 6.61 Å². The average Bonchev–Trinajstić information content (AvgIpc) is 2.74. The maximum atomic E-state index is 10.8. The molecule has 0 aromatic heterocycles. The van der Waals surface area contributed by atoms with Crippen molar-refractivity contribution >= 4 is 21.6 Å². The number of ether oxygens (including phenoxy) is 2. The zero-order valence-electron chi connectivity index (χ0n) is 16.7. The summed E-state index contributed by atoms with van der Waals surface area (Å²) in [6, 6.07) is 10.9. The molecule has 3 rings (SSSR count). The number of halogens is 1. The van der Waals surface area contributed by atoms with Gasteiger partial charge in [0.1, 0.15) is 6.61 Å². The molecule has 1 fully saturated rings. The van der Waals surface area contributed by atoms with E-state index in [1.807, 2.05) is 19.1 Å². The Morgan fingerprint density at radius 3 is 2.45 bits per heavy atom. The molecule has 0 bridgehead atoms. The monoisotopic (exact) mass is 462 g/mol. The Balaban J connectivity index is 1.67. The van der Waals surface area contributed by atoms with Crippen molar-refractivity contribution in [1.82, 2.24) is 5.32 Å². The topological polar surface area (TPSA) is 73.6 Å². The number of nitrogens with zero attached hydrogens (tertiary/aromatic N) is 1. The first-order chi connectivity index (χ1) is 14.1. The van der Waals surface area contributed by atoms with Crippen molar-refractivity contribution in [3.8, 4) is 11.5 Å². The SMILES string of the molecule is CCOc1cc(CNC2CCCCC2)c(Br)cc1OCc1ccc([N+](=O)[O-])cc1. The third kappa shape index (κ3) is 6.18. The largest absolute Gasteiger partial charge is 0.490 e. The van der Waals surface area contributed by atoms with E-state index in [0.29, 0.717) is 30.8 Å². The number of nitro groups is 1. The molecular formula is C22H27BrN2O4. The third-order valence-corrected chi connectivity index (χ3v) is 5.88. The van der Waals surface area contributed by atoms with E-state index in [2.05, 4.69) is 21.2 Å². The highest BCUT2D eigenvalue weighted by molar-refractivity contribution is 9.10. The van der Waals surface area contributed by atoms with Gasteiger partial charge in [-0.25, -0.2) is 0 Å². The van der Waals surface area contributed by atoms with Crippen LogP contribution in [-0.4, -0.2) is 17.6 Å². The molecule has 1 N–H and O–H groups in total. The molecule has 0 saturated heterocycles. The Bertz CT molecular complexity index is 820. The Morgan fingerprint density at radius 2 is 1.79 bits per heavy atom. The van der Waals surface area contributed by atoms with Gasteiger partial charge in [-0.15, -0.1) is 0 Å². The third-order valence-electron chi connectivity index (χ3n) is 5.14. The second kappa shape index (κ2) is 10.6. The second-order valence-electron chi connectivity index (χ2n) is 7.25. The lowest BCUT2D eigenvalue weighted by atomic mass is 9.95. The van der Waals surface area contributed by atoms with Crippen molar-refractivity contribution in [1.29, 1.82) is 0 Å². The van der Waals surface area contributed by atoms with Crippen LogP contribution in [0, 0.1) is 10.1 Å². The zero-order chi connectivity index (χ0) is 20.6. The van der Waals surface area contributed by atoms with Gasteiger partial charge in [-0.2, -0.15) is 0 Å². The Hall–Kier alpha value is -2.12. The quantitative estimate of drug-likeness (QED) is 0.378. The van der Waals surface area contributed by atoms with Gasteiger partial charge in [-0.1, -0.05) is 35.2 Å². The summed E-state index contributed by atoms with van der Waals surface area (Å²) in [6.45, 7) is 3.59. The molecule has 29 heavy (non-hydrogen) atoms. The number of nitrogens with one attached hydrogen (secondary N) is 1. The number of hydrogen-bond donors (Lipinski definition) is 1.